The minimum Gasteiger partial charge on any atom is -0.330 e. The second-order valence-corrected chi connectivity index (χ2v) is 11.4. The first-order valence-corrected chi connectivity index (χ1v) is 14.0. The zero-order valence-corrected chi connectivity index (χ0v) is 21.5. The molecule has 3 aromatic heterocycles. The van der Waals surface area contributed by atoms with Gasteiger partial charge in [0.2, 0.25) is 0 Å². The van der Waals surface area contributed by atoms with Crippen LogP contribution in [0.4, 0.5) is 13.2 Å². The van der Waals surface area contributed by atoms with Crippen molar-refractivity contribution < 1.29 is 21.6 Å². The molecule has 0 aliphatic heterocycles. The first-order valence-electron chi connectivity index (χ1n) is 11.1. The third-order valence-corrected chi connectivity index (χ3v) is 8.20. The van der Waals surface area contributed by atoms with E-state index in [4.69, 9.17) is 16.6 Å². The fourth-order valence-corrected chi connectivity index (χ4v) is 5.94. The first-order chi connectivity index (χ1) is 16.6. The Balaban J connectivity index is 1.69. The van der Waals surface area contributed by atoms with E-state index in [0.29, 0.717) is 11.3 Å². The van der Waals surface area contributed by atoms with E-state index >= 15 is 0 Å². The highest BCUT2D eigenvalue weighted by Crippen LogP contribution is 2.37. The van der Waals surface area contributed by atoms with E-state index in [9.17, 15) is 21.6 Å². The van der Waals surface area contributed by atoms with Crippen molar-refractivity contribution in [2.24, 2.45) is 0 Å². The molecule has 0 saturated heterocycles. The molecule has 0 aliphatic rings. The van der Waals surface area contributed by atoms with Crippen molar-refractivity contribution in [3.05, 3.63) is 58.2 Å². The molecule has 0 bridgehead atoms. The molecule has 4 rings (SSSR count). The molecule has 0 unspecified atom stereocenters. The van der Waals surface area contributed by atoms with Crippen LogP contribution < -0.4 is 0 Å². The van der Waals surface area contributed by atoms with E-state index in [2.05, 4.69) is 29.5 Å². The second-order valence-electron chi connectivity index (χ2n) is 8.19. The Morgan fingerprint density at radius 2 is 1.86 bits per heavy atom. The maximum atomic E-state index is 12.7. The molecule has 35 heavy (non-hydrogen) atoms. The number of thiazole rings is 1. The van der Waals surface area contributed by atoms with Gasteiger partial charge in [-0.05, 0) is 36.6 Å². The number of hydrogen-bond donors (Lipinski definition) is 0. The lowest BCUT2D eigenvalue weighted by Crippen LogP contribution is -2.24. The molecule has 0 aliphatic carbocycles. The molecule has 0 N–H and O–H groups in total. The molecule has 4 aromatic rings. The molecule has 0 spiro atoms. The Morgan fingerprint density at radius 3 is 2.51 bits per heavy atom. The van der Waals surface area contributed by atoms with Gasteiger partial charge in [-0.2, -0.15) is 13.2 Å². The molecule has 3 heterocycles. The van der Waals surface area contributed by atoms with Crippen molar-refractivity contribution >= 4 is 43.8 Å². The van der Waals surface area contributed by atoms with E-state index in [-0.39, 0.29) is 10.6 Å². The minimum atomic E-state index is -5.31. The van der Waals surface area contributed by atoms with Gasteiger partial charge in [-0.1, -0.05) is 44.0 Å². The Morgan fingerprint density at radius 1 is 1.09 bits per heavy atom. The van der Waals surface area contributed by atoms with Crippen molar-refractivity contribution in [1.29, 1.82) is 0 Å². The van der Waals surface area contributed by atoms with Gasteiger partial charge in [-0.15, -0.1) is 11.3 Å². The van der Waals surface area contributed by atoms with Gasteiger partial charge in [0.25, 0.3) is 9.84 Å². The van der Waals surface area contributed by atoms with E-state index in [1.807, 2.05) is 11.4 Å². The molecule has 0 saturated carbocycles. The van der Waals surface area contributed by atoms with Gasteiger partial charge in [0, 0.05) is 40.3 Å². The summed E-state index contributed by atoms with van der Waals surface area (Å²) >= 11 is 7.76. The van der Waals surface area contributed by atoms with Crippen molar-refractivity contribution in [3.8, 4) is 21.8 Å². The SMILES string of the molecule is CCCc1cc2c(-c3nc(-c4ccc(CS(=O)(=O)C(F)(F)F)cc4Cl)cs3)ccnc2n1CCC. The fourth-order valence-electron chi connectivity index (χ4n) is 4.00. The quantitative estimate of drug-likeness (QED) is 0.235. The van der Waals surface area contributed by atoms with Gasteiger partial charge in [0.1, 0.15) is 10.7 Å². The number of nitrogens with zero attached hydrogens (tertiary/aromatic N) is 3. The topological polar surface area (TPSA) is 64.8 Å². The van der Waals surface area contributed by atoms with Crippen LogP contribution in [0.2, 0.25) is 5.02 Å². The van der Waals surface area contributed by atoms with Gasteiger partial charge >= 0.3 is 5.51 Å². The summed E-state index contributed by atoms with van der Waals surface area (Å²) in [5.41, 5.74) is -1.18. The monoisotopic (exact) mass is 541 g/mol. The standard InChI is InChI=1S/C24H23ClF3N3O2S2/c1-3-5-16-12-19-17(8-9-29-22(19)31(16)10-4-2)23-30-21(13-34-23)18-7-6-15(11-20(18)25)14-35(32,33)24(26,27)28/h6-9,11-13H,3-5,10,14H2,1-2H3. The van der Waals surface area contributed by atoms with Crippen molar-refractivity contribution in [1.82, 2.24) is 14.5 Å². The highest BCUT2D eigenvalue weighted by molar-refractivity contribution is 7.91. The zero-order valence-electron chi connectivity index (χ0n) is 19.1. The maximum absolute atomic E-state index is 12.7. The van der Waals surface area contributed by atoms with Crippen LogP contribution in [-0.2, 0) is 28.6 Å². The Hall–Kier alpha value is -2.43. The molecule has 0 atom stereocenters. The van der Waals surface area contributed by atoms with Crippen LogP contribution >= 0.6 is 22.9 Å². The highest BCUT2D eigenvalue weighted by atomic mass is 35.5. The van der Waals surface area contributed by atoms with Gasteiger partial charge in [0.15, 0.2) is 0 Å². The number of sulfone groups is 1. The predicted octanol–water partition coefficient (Wildman–Crippen LogP) is 7.28. The lowest BCUT2D eigenvalue weighted by atomic mass is 10.1. The molecule has 11 heteroatoms. The number of halogens is 4. The van der Waals surface area contributed by atoms with Crippen LogP contribution in [0, 0.1) is 0 Å². The Labute approximate surface area is 210 Å². The second kappa shape index (κ2) is 9.91. The lowest BCUT2D eigenvalue weighted by molar-refractivity contribution is -0.0437. The maximum Gasteiger partial charge on any atom is 0.497 e. The molecule has 186 valence electrons. The van der Waals surface area contributed by atoms with Gasteiger partial charge in [0.05, 0.1) is 16.5 Å². The number of pyridine rings is 1. The molecular weight excluding hydrogens is 519 g/mol. The smallest absolute Gasteiger partial charge is 0.330 e. The van der Waals surface area contributed by atoms with Crippen LogP contribution in [0.25, 0.3) is 32.9 Å². The van der Waals surface area contributed by atoms with Gasteiger partial charge in [-0.25, -0.2) is 18.4 Å². The number of aryl methyl sites for hydroxylation is 2. The Kier molecular flexibility index (Phi) is 7.26. The molecule has 5 nitrogen and oxygen atoms in total. The molecule has 0 amide bonds. The summed E-state index contributed by atoms with van der Waals surface area (Å²) in [6, 6.07) is 8.16. The highest BCUT2D eigenvalue weighted by Gasteiger charge is 2.45. The van der Waals surface area contributed by atoms with Crippen molar-refractivity contribution in [3.63, 3.8) is 0 Å². The summed E-state index contributed by atoms with van der Waals surface area (Å²) in [4.78, 5) is 9.35. The molecular formula is C24H23ClF3N3O2S2. The van der Waals surface area contributed by atoms with Crippen LogP contribution in [0.15, 0.2) is 41.9 Å². The average molecular weight is 542 g/mol. The summed E-state index contributed by atoms with van der Waals surface area (Å²) < 4.78 is 63.4. The van der Waals surface area contributed by atoms with E-state index in [1.54, 1.807) is 6.20 Å². The lowest BCUT2D eigenvalue weighted by Gasteiger charge is -2.09. The van der Waals surface area contributed by atoms with Crippen molar-refractivity contribution in [2.75, 3.05) is 0 Å². The summed E-state index contributed by atoms with van der Waals surface area (Å²) in [6.07, 6.45) is 4.73. The third kappa shape index (κ3) is 5.10. The van der Waals surface area contributed by atoms with Crippen LogP contribution in [0.5, 0.6) is 0 Å². The number of benzene rings is 1. The van der Waals surface area contributed by atoms with Crippen molar-refractivity contribution in [2.45, 2.75) is 50.9 Å². The normalized spacial score (nSPS) is 12.5. The van der Waals surface area contributed by atoms with Crippen LogP contribution in [0.1, 0.15) is 37.9 Å². The summed E-state index contributed by atoms with van der Waals surface area (Å²) in [6.45, 7) is 5.15. The molecule has 0 fully saturated rings. The number of fused-ring (bicyclic) bond motifs is 1. The van der Waals surface area contributed by atoms with Crippen LogP contribution in [0.3, 0.4) is 0 Å². The number of alkyl halides is 3. The minimum absolute atomic E-state index is 0.0388. The largest absolute Gasteiger partial charge is 0.497 e. The van der Waals surface area contributed by atoms with Crippen LogP contribution in [-0.4, -0.2) is 28.5 Å². The molecule has 0 radical (unpaired) electrons. The number of aromatic nitrogens is 3. The summed E-state index contributed by atoms with van der Waals surface area (Å²) in [7, 11) is -5.29. The zero-order chi connectivity index (χ0) is 25.4. The van der Waals surface area contributed by atoms with E-state index < -0.39 is 21.1 Å². The summed E-state index contributed by atoms with van der Waals surface area (Å²) in [5.74, 6) is -1.16. The number of hydrogen-bond acceptors (Lipinski definition) is 5. The fraction of sp³-hybridized carbons (Fsp3) is 0.333. The summed E-state index contributed by atoms with van der Waals surface area (Å²) in [5, 5.41) is 3.74. The Bertz CT molecular complexity index is 1480. The van der Waals surface area contributed by atoms with E-state index in [1.165, 1.54) is 35.2 Å². The first kappa shape index (κ1) is 25.7. The average Bonchev–Trinajstić information content (AvgIpc) is 3.39. The number of rotatable bonds is 8. The van der Waals surface area contributed by atoms with Gasteiger partial charge < -0.3 is 4.57 Å². The molecule has 1 aromatic carbocycles. The third-order valence-electron chi connectivity index (χ3n) is 5.59. The van der Waals surface area contributed by atoms with E-state index in [0.717, 1.165) is 47.4 Å². The van der Waals surface area contributed by atoms with Gasteiger partial charge in [-0.3, -0.25) is 0 Å². The predicted molar refractivity (Wildman–Crippen MR) is 134 cm³/mol.